The first kappa shape index (κ1) is 13.9. The summed E-state index contributed by atoms with van der Waals surface area (Å²) in [4.78, 5) is 0. The van der Waals surface area contributed by atoms with E-state index in [4.69, 9.17) is 9.47 Å². The van der Waals surface area contributed by atoms with Crippen LogP contribution in [0, 0.1) is 11.8 Å². The maximum atomic E-state index is 5.40. The van der Waals surface area contributed by atoms with Crippen LogP contribution in [0.25, 0.3) is 0 Å². The van der Waals surface area contributed by atoms with E-state index in [1.165, 1.54) is 25.7 Å². The van der Waals surface area contributed by atoms with Gasteiger partial charge in [0.2, 0.25) is 0 Å². The molecule has 0 bridgehead atoms. The fraction of sp³-hybridized carbons (Fsp3) is 1.00. The lowest BCUT2D eigenvalue weighted by Gasteiger charge is -2.26. The third-order valence-electron chi connectivity index (χ3n) is 3.50. The zero-order valence-corrected chi connectivity index (χ0v) is 10.8. The number of nitrogens with one attached hydrogen (secondary N) is 1. The van der Waals surface area contributed by atoms with Gasteiger partial charge >= 0.3 is 0 Å². The van der Waals surface area contributed by atoms with Crippen LogP contribution in [0.15, 0.2) is 0 Å². The minimum absolute atomic E-state index is 0.813. The van der Waals surface area contributed by atoms with E-state index in [-0.39, 0.29) is 0 Å². The van der Waals surface area contributed by atoms with Crippen molar-refractivity contribution in [2.45, 2.75) is 32.6 Å². The normalized spacial score (nSPS) is 19.9. The molecule has 1 N–H and O–H groups in total. The molecule has 1 atom stereocenters. The molecule has 0 aliphatic carbocycles. The smallest absolute Gasteiger partial charge is 0.0587 e. The molecule has 1 heterocycles. The Bertz CT molecular complexity index is 158. The van der Waals surface area contributed by atoms with Crippen LogP contribution in [-0.4, -0.2) is 40.0 Å². The van der Waals surface area contributed by atoms with Crippen molar-refractivity contribution in [2.24, 2.45) is 11.8 Å². The third-order valence-corrected chi connectivity index (χ3v) is 3.50. The van der Waals surface area contributed by atoms with E-state index in [1.807, 2.05) is 0 Å². The SMILES string of the molecule is CCC(CNCCOC)CC1CCOCC1. The number of hydrogen-bond donors (Lipinski definition) is 1. The summed E-state index contributed by atoms with van der Waals surface area (Å²) in [6.45, 7) is 7.16. The van der Waals surface area contributed by atoms with Crippen molar-refractivity contribution in [3.63, 3.8) is 0 Å². The highest BCUT2D eigenvalue weighted by Crippen LogP contribution is 2.24. The summed E-state index contributed by atoms with van der Waals surface area (Å²) >= 11 is 0. The van der Waals surface area contributed by atoms with Crippen molar-refractivity contribution >= 4 is 0 Å². The molecule has 1 rings (SSSR count). The molecule has 96 valence electrons. The zero-order valence-electron chi connectivity index (χ0n) is 10.8. The lowest BCUT2D eigenvalue weighted by Crippen LogP contribution is -2.28. The van der Waals surface area contributed by atoms with Crippen molar-refractivity contribution in [1.82, 2.24) is 5.32 Å². The van der Waals surface area contributed by atoms with E-state index < -0.39 is 0 Å². The monoisotopic (exact) mass is 229 g/mol. The van der Waals surface area contributed by atoms with Crippen molar-refractivity contribution in [1.29, 1.82) is 0 Å². The maximum absolute atomic E-state index is 5.40. The molecule has 1 unspecified atom stereocenters. The van der Waals surface area contributed by atoms with E-state index in [0.717, 1.165) is 44.7 Å². The van der Waals surface area contributed by atoms with Gasteiger partial charge in [-0.05, 0) is 37.6 Å². The second kappa shape index (κ2) is 8.97. The van der Waals surface area contributed by atoms with Crippen LogP contribution in [0.2, 0.25) is 0 Å². The van der Waals surface area contributed by atoms with Crippen LogP contribution in [0.4, 0.5) is 0 Å². The Balaban J connectivity index is 2.09. The first-order chi connectivity index (χ1) is 7.86. The molecule has 1 fully saturated rings. The fourth-order valence-electron chi connectivity index (χ4n) is 2.33. The Morgan fingerprint density at radius 3 is 2.75 bits per heavy atom. The maximum Gasteiger partial charge on any atom is 0.0587 e. The Kier molecular flexibility index (Phi) is 7.81. The highest BCUT2D eigenvalue weighted by molar-refractivity contribution is 4.70. The molecule has 3 heteroatoms. The minimum atomic E-state index is 0.813. The zero-order chi connectivity index (χ0) is 11.6. The molecule has 0 spiro atoms. The van der Waals surface area contributed by atoms with E-state index in [1.54, 1.807) is 7.11 Å². The Labute approximate surface area is 99.9 Å². The summed E-state index contributed by atoms with van der Waals surface area (Å²) in [5, 5.41) is 3.47. The number of rotatable bonds is 8. The minimum Gasteiger partial charge on any atom is -0.383 e. The average Bonchev–Trinajstić information content (AvgIpc) is 2.34. The molecule has 3 nitrogen and oxygen atoms in total. The summed E-state index contributed by atoms with van der Waals surface area (Å²) in [7, 11) is 1.75. The van der Waals surface area contributed by atoms with Crippen molar-refractivity contribution in [3.05, 3.63) is 0 Å². The van der Waals surface area contributed by atoms with Gasteiger partial charge in [-0.3, -0.25) is 0 Å². The first-order valence-corrected chi connectivity index (χ1v) is 6.64. The van der Waals surface area contributed by atoms with E-state index in [0.29, 0.717) is 0 Å². The summed E-state index contributed by atoms with van der Waals surface area (Å²) in [6.07, 6.45) is 5.15. The predicted molar refractivity (Wildman–Crippen MR) is 66.7 cm³/mol. The highest BCUT2D eigenvalue weighted by atomic mass is 16.5. The molecule has 0 aromatic rings. The van der Waals surface area contributed by atoms with E-state index >= 15 is 0 Å². The molecule has 0 amide bonds. The fourth-order valence-corrected chi connectivity index (χ4v) is 2.33. The van der Waals surface area contributed by atoms with Gasteiger partial charge in [-0.15, -0.1) is 0 Å². The van der Waals surface area contributed by atoms with Gasteiger partial charge in [0.25, 0.3) is 0 Å². The van der Waals surface area contributed by atoms with Crippen LogP contribution in [-0.2, 0) is 9.47 Å². The molecule has 1 aliphatic rings. The molecule has 0 aromatic heterocycles. The predicted octanol–water partition coefficient (Wildman–Crippen LogP) is 2.07. The second-order valence-corrected chi connectivity index (χ2v) is 4.76. The average molecular weight is 229 g/mol. The Hall–Kier alpha value is -0.120. The highest BCUT2D eigenvalue weighted by Gasteiger charge is 2.17. The largest absolute Gasteiger partial charge is 0.383 e. The van der Waals surface area contributed by atoms with Crippen LogP contribution >= 0.6 is 0 Å². The van der Waals surface area contributed by atoms with Crippen molar-refractivity contribution in [2.75, 3.05) is 40.0 Å². The molecule has 0 saturated carbocycles. The standard InChI is InChI=1S/C13H27NO2/c1-3-12(11-14-6-9-15-2)10-13-4-7-16-8-5-13/h12-14H,3-11H2,1-2H3. The van der Waals surface area contributed by atoms with Gasteiger partial charge in [0.1, 0.15) is 0 Å². The van der Waals surface area contributed by atoms with Crippen molar-refractivity contribution < 1.29 is 9.47 Å². The summed E-state index contributed by atoms with van der Waals surface area (Å²) < 4.78 is 10.4. The van der Waals surface area contributed by atoms with E-state index in [9.17, 15) is 0 Å². The second-order valence-electron chi connectivity index (χ2n) is 4.76. The van der Waals surface area contributed by atoms with Gasteiger partial charge in [-0.2, -0.15) is 0 Å². The van der Waals surface area contributed by atoms with Gasteiger partial charge in [0.05, 0.1) is 6.61 Å². The summed E-state index contributed by atoms with van der Waals surface area (Å²) in [6, 6.07) is 0. The molecule has 16 heavy (non-hydrogen) atoms. The number of ether oxygens (including phenoxy) is 2. The van der Waals surface area contributed by atoms with Crippen LogP contribution in [0.5, 0.6) is 0 Å². The lowest BCUT2D eigenvalue weighted by molar-refractivity contribution is 0.0582. The topological polar surface area (TPSA) is 30.5 Å². The number of hydrogen-bond acceptors (Lipinski definition) is 3. The Morgan fingerprint density at radius 2 is 2.12 bits per heavy atom. The van der Waals surface area contributed by atoms with Gasteiger partial charge in [-0.25, -0.2) is 0 Å². The summed E-state index contributed by atoms with van der Waals surface area (Å²) in [5.41, 5.74) is 0. The molecule has 0 aromatic carbocycles. The molecule has 1 saturated heterocycles. The third kappa shape index (κ3) is 5.83. The molecule has 1 aliphatic heterocycles. The Morgan fingerprint density at radius 1 is 1.38 bits per heavy atom. The van der Waals surface area contributed by atoms with Crippen LogP contribution in [0.1, 0.15) is 32.6 Å². The lowest BCUT2D eigenvalue weighted by atomic mass is 9.87. The first-order valence-electron chi connectivity index (χ1n) is 6.64. The quantitative estimate of drug-likeness (QED) is 0.646. The number of methoxy groups -OCH3 is 1. The summed E-state index contributed by atoms with van der Waals surface area (Å²) in [5.74, 6) is 1.71. The van der Waals surface area contributed by atoms with Crippen LogP contribution in [0.3, 0.4) is 0 Å². The molecule has 0 radical (unpaired) electrons. The van der Waals surface area contributed by atoms with Gasteiger partial charge in [-0.1, -0.05) is 13.3 Å². The van der Waals surface area contributed by atoms with Gasteiger partial charge < -0.3 is 14.8 Å². The van der Waals surface area contributed by atoms with Crippen molar-refractivity contribution in [3.8, 4) is 0 Å². The van der Waals surface area contributed by atoms with Gasteiger partial charge in [0.15, 0.2) is 0 Å². The van der Waals surface area contributed by atoms with Crippen LogP contribution < -0.4 is 5.32 Å². The van der Waals surface area contributed by atoms with E-state index in [2.05, 4.69) is 12.2 Å². The molecular formula is C13H27NO2. The van der Waals surface area contributed by atoms with Gasteiger partial charge in [0, 0.05) is 26.9 Å². The molecular weight excluding hydrogens is 202 g/mol.